The monoisotopic (exact) mass is 294 g/mol. The van der Waals surface area contributed by atoms with Crippen LogP contribution >= 0.6 is 0 Å². The number of carbonyl (C=O) groups excluding carboxylic acids is 1. The van der Waals surface area contributed by atoms with Gasteiger partial charge in [0.2, 0.25) is 5.91 Å². The Hall–Kier alpha value is -1.62. The first-order chi connectivity index (χ1) is 9.97. The number of amides is 1. The van der Waals surface area contributed by atoms with Gasteiger partial charge in [-0.1, -0.05) is 0 Å². The number of ether oxygens (including phenoxy) is 1. The Balaban J connectivity index is 2.03. The molecule has 1 aliphatic rings. The van der Waals surface area contributed by atoms with E-state index in [9.17, 15) is 9.18 Å². The van der Waals surface area contributed by atoms with Crippen molar-refractivity contribution in [1.29, 1.82) is 0 Å². The number of nitrogens with one attached hydrogen (secondary N) is 2. The molecule has 0 radical (unpaired) electrons. The van der Waals surface area contributed by atoms with Gasteiger partial charge in [0.25, 0.3) is 0 Å². The Bertz CT molecular complexity index is 505. The van der Waals surface area contributed by atoms with E-state index >= 15 is 0 Å². The highest BCUT2D eigenvalue weighted by molar-refractivity contribution is 5.93. The molecule has 1 amide bonds. The summed E-state index contributed by atoms with van der Waals surface area (Å²) in [5.74, 6) is -0.262. The lowest BCUT2D eigenvalue weighted by Crippen LogP contribution is -2.44. The van der Waals surface area contributed by atoms with Crippen molar-refractivity contribution in [3.8, 4) is 5.75 Å². The van der Waals surface area contributed by atoms with Crippen LogP contribution in [0.25, 0.3) is 0 Å². The van der Waals surface area contributed by atoms with E-state index < -0.39 is 5.82 Å². The lowest BCUT2D eigenvalue weighted by molar-refractivity contribution is -0.121. The summed E-state index contributed by atoms with van der Waals surface area (Å²) in [5, 5.41) is 5.95. The summed E-state index contributed by atoms with van der Waals surface area (Å²) >= 11 is 0. The van der Waals surface area contributed by atoms with Crippen LogP contribution in [0.2, 0.25) is 0 Å². The molecule has 5 heteroatoms. The number of rotatable bonds is 4. The van der Waals surface area contributed by atoms with Crippen molar-refractivity contribution in [1.82, 2.24) is 5.32 Å². The maximum atomic E-state index is 14.0. The van der Waals surface area contributed by atoms with Crippen molar-refractivity contribution in [2.45, 2.75) is 45.8 Å². The minimum atomic E-state index is -0.474. The third-order valence-electron chi connectivity index (χ3n) is 3.67. The number of carbonyl (C=O) groups is 1. The fraction of sp³-hybridized carbons (Fsp3) is 0.562. The van der Waals surface area contributed by atoms with Crippen LogP contribution in [-0.2, 0) is 4.79 Å². The first-order valence-corrected chi connectivity index (χ1v) is 7.48. The average molecular weight is 294 g/mol. The number of hydrogen-bond donors (Lipinski definition) is 2. The van der Waals surface area contributed by atoms with Gasteiger partial charge in [0.05, 0.1) is 17.7 Å². The summed E-state index contributed by atoms with van der Waals surface area (Å²) in [7, 11) is 0. The molecule has 0 aliphatic carbocycles. The summed E-state index contributed by atoms with van der Waals surface area (Å²) in [6, 6.07) is 4.64. The van der Waals surface area contributed by atoms with E-state index in [0.717, 1.165) is 19.4 Å². The fourth-order valence-electron chi connectivity index (χ4n) is 2.57. The largest absolute Gasteiger partial charge is 0.491 e. The highest BCUT2D eigenvalue weighted by atomic mass is 19.1. The molecule has 21 heavy (non-hydrogen) atoms. The Labute approximate surface area is 125 Å². The van der Waals surface area contributed by atoms with Gasteiger partial charge in [-0.25, -0.2) is 4.39 Å². The van der Waals surface area contributed by atoms with Crippen LogP contribution in [0.1, 0.15) is 33.6 Å². The van der Waals surface area contributed by atoms with E-state index in [1.54, 1.807) is 12.1 Å². The molecule has 1 aliphatic heterocycles. The molecule has 0 spiro atoms. The molecule has 116 valence electrons. The van der Waals surface area contributed by atoms with E-state index in [4.69, 9.17) is 4.74 Å². The Kier molecular flexibility index (Phi) is 5.17. The van der Waals surface area contributed by atoms with Gasteiger partial charge < -0.3 is 15.4 Å². The molecule has 0 aromatic heterocycles. The van der Waals surface area contributed by atoms with Crippen molar-refractivity contribution in [2.75, 3.05) is 11.9 Å². The maximum absolute atomic E-state index is 14.0. The van der Waals surface area contributed by atoms with Gasteiger partial charge in [0.1, 0.15) is 11.6 Å². The van der Waals surface area contributed by atoms with Crippen molar-refractivity contribution in [3.63, 3.8) is 0 Å². The standard InChI is InChI=1S/C16H23FN2O2/c1-10(2)21-12-6-7-15(14(17)9-12)19-16(20)13-5-4-8-18-11(13)3/h6-7,9-11,13,18H,4-5,8H2,1-3H3,(H,19,20)/t11-,13-/m1/s1. The predicted octanol–water partition coefficient (Wildman–Crippen LogP) is 2.94. The second kappa shape index (κ2) is 6.89. The Morgan fingerprint density at radius 1 is 1.48 bits per heavy atom. The molecule has 4 nitrogen and oxygen atoms in total. The second-order valence-electron chi connectivity index (χ2n) is 5.79. The third-order valence-corrected chi connectivity index (χ3v) is 3.67. The number of anilines is 1. The normalized spacial score (nSPS) is 22.1. The molecule has 0 bridgehead atoms. The summed E-state index contributed by atoms with van der Waals surface area (Å²) in [5.41, 5.74) is 0.203. The zero-order valence-corrected chi connectivity index (χ0v) is 12.8. The van der Waals surface area contributed by atoms with E-state index in [2.05, 4.69) is 10.6 Å². The smallest absolute Gasteiger partial charge is 0.229 e. The van der Waals surface area contributed by atoms with Crippen LogP contribution in [-0.4, -0.2) is 24.6 Å². The van der Waals surface area contributed by atoms with Crippen molar-refractivity contribution < 1.29 is 13.9 Å². The molecule has 1 heterocycles. The van der Waals surface area contributed by atoms with Crippen molar-refractivity contribution in [3.05, 3.63) is 24.0 Å². The van der Waals surface area contributed by atoms with Crippen LogP contribution < -0.4 is 15.4 Å². The molecule has 2 N–H and O–H groups in total. The van der Waals surface area contributed by atoms with Crippen LogP contribution in [0.4, 0.5) is 10.1 Å². The lowest BCUT2D eigenvalue weighted by atomic mass is 9.91. The average Bonchev–Trinajstić information content (AvgIpc) is 2.41. The van der Waals surface area contributed by atoms with Crippen molar-refractivity contribution >= 4 is 11.6 Å². The van der Waals surface area contributed by atoms with E-state index in [1.807, 2.05) is 20.8 Å². The van der Waals surface area contributed by atoms with Crippen molar-refractivity contribution in [2.24, 2.45) is 5.92 Å². The van der Waals surface area contributed by atoms with E-state index in [-0.39, 0.29) is 29.7 Å². The summed E-state index contributed by atoms with van der Waals surface area (Å²) in [4.78, 5) is 12.2. The van der Waals surface area contributed by atoms with Gasteiger partial charge in [-0.15, -0.1) is 0 Å². The number of halogens is 1. The Morgan fingerprint density at radius 2 is 2.24 bits per heavy atom. The molecule has 1 fully saturated rings. The number of piperidine rings is 1. The molecule has 2 atom stereocenters. The first-order valence-electron chi connectivity index (χ1n) is 7.48. The zero-order valence-electron chi connectivity index (χ0n) is 12.8. The highest BCUT2D eigenvalue weighted by Crippen LogP contribution is 2.24. The summed E-state index contributed by atoms with van der Waals surface area (Å²) < 4.78 is 19.4. The molecular weight excluding hydrogens is 271 g/mol. The maximum Gasteiger partial charge on any atom is 0.229 e. The van der Waals surface area contributed by atoms with E-state index in [0.29, 0.717) is 5.75 Å². The predicted molar refractivity (Wildman–Crippen MR) is 81.0 cm³/mol. The minimum Gasteiger partial charge on any atom is -0.491 e. The molecule has 0 unspecified atom stereocenters. The molecular formula is C16H23FN2O2. The quantitative estimate of drug-likeness (QED) is 0.897. The lowest BCUT2D eigenvalue weighted by Gasteiger charge is -2.28. The second-order valence-corrected chi connectivity index (χ2v) is 5.79. The summed E-state index contributed by atoms with van der Waals surface area (Å²) in [6.07, 6.45) is 1.78. The molecule has 1 saturated heterocycles. The van der Waals surface area contributed by atoms with Gasteiger partial charge in [-0.05, 0) is 52.3 Å². The van der Waals surface area contributed by atoms with E-state index in [1.165, 1.54) is 6.07 Å². The first kappa shape index (κ1) is 15.8. The molecule has 2 rings (SSSR count). The third kappa shape index (κ3) is 4.17. The number of hydrogen-bond acceptors (Lipinski definition) is 3. The number of benzene rings is 1. The van der Waals surface area contributed by atoms with Crippen LogP contribution in [0.15, 0.2) is 18.2 Å². The molecule has 1 aromatic carbocycles. The van der Waals surface area contributed by atoms with Crippen LogP contribution in [0, 0.1) is 11.7 Å². The van der Waals surface area contributed by atoms with Gasteiger partial charge in [0, 0.05) is 12.1 Å². The SMILES string of the molecule is CC(C)Oc1ccc(NC(=O)[C@@H]2CCCN[C@@H]2C)c(F)c1. The fourth-order valence-corrected chi connectivity index (χ4v) is 2.57. The van der Waals surface area contributed by atoms with Crippen LogP contribution in [0.3, 0.4) is 0 Å². The topological polar surface area (TPSA) is 50.4 Å². The molecule has 0 saturated carbocycles. The van der Waals surface area contributed by atoms with Gasteiger partial charge in [0.15, 0.2) is 0 Å². The molecule has 1 aromatic rings. The van der Waals surface area contributed by atoms with Crippen LogP contribution in [0.5, 0.6) is 5.75 Å². The van der Waals surface area contributed by atoms with Gasteiger partial charge in [-0.3, -0.25) is 4.79 Å². The highest BCUT2D eigenvalue weighted by Gasteiger charge is 2.27. The minimum absolute atomic E-state index is 0.0148. The zero-order chi connectivity index (χ0) is 15.4. The Morgan fingerprint density at radius 3 is 2.86 bits per heavy atom. The summed E-state index contributed by atoms with van der Waals surface area (Å²) in [6.45, 7) is 6.68. The van der Waals surface area contributed by atoms with Gasteiger partial charge in [-0.2, -0.15) is 0 Å². The van der Waals surface area contributed by atoms with Gasteiger partial charge >= 0.3 is 0 Å².